The van der Waals surface area contributed by atoms with Crippen molar-refractivity contribution in [3.8, 4) is 17.4 Å². The molecule has 2 rings (SSSR count). The fraction of sp³-hybridized carbons (Fsp3) is 0.519. The van der Waals surface area contributed by atoms with Crippen LogP contribution in [0.25, 0.3) is 0 Å². The molecular weight excluding hydrogens is 448 g/mol. The molecule has 0 aliphatic carbocycles. The lowest BCUT2D eigenvalue weighted by molar-refractivity contribution is -0.157. The molecule has 8 nitrogen and oxygen atoms in total. The number of aromatic nitrogens is 1. The number of carbonyl (C=O) groups excluding carboxylic acids is 2. The highest BCUT2D eigenvalue weighted by atomic mass is 16.6. The van der Waals surface area contributed by atoms with Gasteiger partial charge in [-0.3, -0.25) is 4.79 Å². The summed E-state index contributed by atoms with van der Waals surface area (Å²) in [6.07, 6.45) is 3.28. The standard InChI is InChI=1S/C27H38N2O6/c1-26(2,3)14-13-22(25(31)32-7)28-16-19-11-12-23(29-17-19)34-21-10-8-9-20(15-21)33-18-24(30)35-27(4,5)6/h8-12,15,17,22,28H,13-14,16,18H2,1-7H3/t22-/m0/s1. The van der Waals surface area contributed by atoms with Crippen LogP contribution in [0, 0.1) is 5.41 Å². The molecule has 35 heavy (non-hydrogen) atoms. The Morgan fingerprint density at radius 2 is 1.74 bits per heavy atom. The number of hydrogen-bond acceptors (Lipinski definition) is 8. The first kappa shape index (κ1) is 28.1. The summed E-state index contributed by atoms with van der Waals surface area (Å²) in [6.45, 7) is 12.1. The van der Waals surface area contributed by atoms with Gasteiger partial charge in [-0.2, -0.15) is 0 Å². The summed E-state index contributed by atoms with van der Waals surface area (Å²) in [5.74, 6) is 0.713. The van der Waals surface area contributed by atoms with Gasteiger partial charge in [-0.1, -0.05) is 32.9 Å². The lowest BCUT2D eigenvalue weighted by atomic mass is 9.88. The van der Waals surface area contributed by atoms with Crippen LogP contribution in [0.4, 0.5) is 0 Å². The van der Waals surface area contributed by atoms with Gasteiger partial charge in [-0.05, 0) is 56.7 Å². The predicted molar refractivity (Wildman–Crippen MR) is 133 cm³/mol. The molecule has 0 aliphatic heterocycles. The van der Waals surface area contributed by atoms with Crippen LogP contribution in [0.3, 0.4) is 0 Å². The molecule has 0 aliphatic rings. The highest BCUT2D eigenvalue weighted by Crippen LogP contribution is 2.25. The summed E-state index contributed by atoms with van der Waals surface area (Å²) in [7, 11) is 1.40. The minimum absolute atomic E-state index is 0.132. The van der Waals surface area contributed by atoms with Gasteiger partial charge in [0.1, 0.15) is 23.1 Å². The van der Waals surface area contributed by atoms with Crippen molar-refractivity contribution in [2.45, 2.75) is 72.6 Å². The van der Waals surface area contributed by atoms with E-state index in [-0.39, 0.29) is 24.0 Å². The van der Waals surface area contributed by atoms with Crippen LogP contribution in [0.5, 0.6) is 17.4 Å². The summed E-state index contributed by atoms with van der Waals surface area (Å²) in [6, 6.07) is 10.2. The van der Waals surface area contributed by atoms with E-state index in [9.17, 15) is 9.59 Å². The number of rotatable bonds is 11. The number of hydrogen-bond donors (Lipinski definition) is 1. The highest BCUT2D eigenvalue weighted by Gasteiger charge is 2.22. The van der Waals surface area contributed by atoms with Crippen LogP contribution < -0.4 is 14.8 Å². The molecule has 0 radical (unpaired) electrons. The molecule has 1 heterocycles. The summed E-state index contributed by atoms with van der Waals surface area (Å²) in [5.41, 5.74) is 0.481. The number of esters is 2. The van der Waals surface area contributed by atoms with Gasteiger partial charge in [0.2, 0.25) is 5.88 Å². The van der Waals surface area contributed by atoms with Crippen molar-refractivity contribution < 1.29 is 28.5 Å². The molecule has 0 unspecified atom stereocenters. The molecule has 0 fully saturated rings. The normalized spacial score (nSPS) is 12.5. The van der Waals surface area contributed by atoms with E-state index in [4.69, 9.17) is 18.9 Å². The Morgan fingerprint density at radius 1 is 1.03 bits per heavy atom. The number of ether oxygens (including phenoxy) is 4. The second-order valence-electron chi connectivity index (χ2n) is 10.5. The smallest absolute Gasteiger partial charge is 0.344 e. The third-order valence-electron chi connectivity index (χ3n) is 4.82. The molecule has 8 heteroatoms. The molecule has 1 aromatic carbocycles. The quantitative estimate of drug-likeness (QED) is 0.441. The van der Waals surface area contributed by atoms with Crippen molar-refractivity contribution in [2.24, 2.45) is 5.41 Å². The first-order chi connectivity index (χ1) is 16.3. The molecule has 0 saturated carbocycles. The Bertz CT molecular complexity index is 961. The van der Waals surface area contributed by atoms with Crippen LogP contribution in [0.2, 0.25) is 0 Å². The minimum atomic E-state index is -0.564. The predicted octanol–water partition coefficient (Wildman–Crippen LogP) is 5.05. The number of benzene rings is 1. The monoisotopic (exact) mass is 486 g/mol. The van der Waals surface area contributed by atoms with Crippen LogP contribution in [-0.4, -0.2) is 42.3 Å². The minimum Gasteiger partial charge on any atom is -0.482 e. The number of methoxy groups -OCH3 is 1. The van der Waals surface area contributed by atoms with Gasteiger partial charge in [0.05, 0.1) is 7.11 Å². The number of pyridine rings is 1. The van der Waals surface area contributed by atoms with E-state index >= 15 is 0 Å². The zero-order valence-corrected chi connectivity index (χ0v) is 21.8. The molecule has 2 aromatic rings. The van der Waals surface area contributed by atoms with E-state index < -0.39 is 11.6 Å². The van der Waals surface area contributed by atoms with E-state index in [0.717, 1.165) is 12.0 Å². The van der Waals surface area contributed by atoms with Crippen molar-refractivity contribution in [1.82, 2.24) is 10.3 Å². The molecular formula is C27H38N2O6. The van der Waals surface area contributed by atoms with Gasteiger partial charge in [0, 0.05) is 24.9 Å². The van der Waals surface area contributed by atoms with Crippen molar-refractivity contribution >= 4 is 11.9 Å². The van der Waals surface area contributed by atoms with E-state index in [0.29, 0.717) is 30.3 Å². The topological polar surface area (TPSA) is 96.0 Å². The second kappa shape index (κ2) is 12.5. The second-order valence-corrected chi connectivity index (χ2v) is 10.5. The largest absolute Gasteiger partial charge is 0.482 e. The van der Waals surface area contributed by atoms with Gasteiger partial charge in [-0.25, -0.2) is 9.78 Å². The molecule has 0 saturated heterocycles. The van der Waals surface area contributed by atoms with Crippen molar-refractivity contribution in [2.75, 3.05) is 13.7 Å². The third-order valence-corrected chi connectivity index (χ3v) is 4.82. The maximum absolute atomic E-state index is 12.1. The number of nitrogens with one attached hydrogen (secondary N) is 1. The number of carbonyl (C=O) groups is 2. The lowest BCUT2D eigenvalue weighted by Crippen LogP contribution is -2.38. The highest BCUT2D eigenvalue weighted by molar-refractivity contribution is 5.75. The van der Waals surface area contributed by atoms with E-state index in [1.54, 1.807) is 57.3 Å². The number of nitrogens with zero attached hydrogens (tertiary/aromatic N) is 1. The average Bonchev–Trinajstić information content (AvgIpc) is 2.77. The van der Waals surface area contributed by atoms with E-state index in [2.05, 4.69) is 31.1 Å². The van der Waals surface area contributed by atoms with Crippen molar-refractivity contribution in [1.29, 1.82) is 0 Å². The van der Waals surface area contributed by atoms with Crippen LogP contribution in [0.15, 0.2) is 42.6 Å². The SMILES string of the molecule is COC(=O)[C@H](CCC(C)(C)C)NCc1ccc(Oc2cccc(OCC(=O)OC(C)(C)C)c2)nc1. The summed E-state index contributed by atoms with van der Waals surface area (Å²) in [4.78, 5) is 28.3. The Balaban J connectivity index is 1.91. The molecule has 0 spiro atoms. The molecule has 1 atom stereocenters. The first-order valence-electron chi connectivity index (χ1n) is 11.7. The maximum atomic E-state index is 12.1. The fourth-order valence-corrected chi connectivity index (χ4v) is 3.10. The molecule has 1 N–H and O–H groups in total. The van der Waals surface area contributed by atoms with Crippen LogP contribution >= 0.6 is 0 Å². The molecule has 192 valence electrons. The van der Waals surface area contributed by atoms with Gasteiger partial charge in [0.15, 0.2) is 6.61 Å². The third kappa shape index (κ3) is 11.2. The summed E-state index contributed by atoms with van der Waals surface area (Å²) >= 11 is 0. The Morgan fingerprint density at radius 3 is 2.34 bits per heavy atom. The molecule has 1 aromatic heterocycles. The summed E-state index contributed by atoms with van der Waals surface area (Å²) in [5, 5.41) is 3.26. The van der Waals surface area contributed by atoms with E-state index in [1.165, 1.54) is 7.11 Å². The van der Waals surface area contributed by atoms with Crippen LogP contribution in [-0.2, 0) is 25.6 Å². The van der Waals surface area contributed by atoms with Gasteiger partial charge >= 0.3 is 11.9 Å². The Labute approximate surface area is 208 Å². The molecule has 0 amide bonds. The maximum Gasteiger partial charge on any atom is 0.344 e. The first-order valence-corrected chi connectivity index (χ1v) is 11.7. The fourth-order valence-electron chi connectivity index (χ4n) is 3.10. The van der Waals surface area contributed by atoms with Crippen molar-refractivity contribution in [3.63, 3.8) is 0 Å². The Hall–Kier alpha value is -3.13. The van der Waals surface area contributed by atoms with Gasteiger partial charge in [-0.15, -0.1) is 0 Å². The zero-order chi connectivity index (χ0) is 26.1. The van der Waals surface area contributed by atoms with E-state index in [1.807, 2.05) is 6.07 Å². The average molecular weight is 487 g/mol. The molecule has 0 bridgehead atoms. The van der Waals surface area contributed by atoms with Crippen molar-refractivity contribution in [3.05, 3.63) is 48.2 Å². The lowest BCUT2D eigenvalue weighted by Gasteiger charge is -2.22. The summed E-state index contributed by atoms with van der Waals surface area (Å²) < 4.78 is 21.5. The van der Waals surface area contributed by atoms with Gasteiger partial charge < -0.3 is 24.3 Å². The Kier molecular flexibility index (Phi) is 10.1. The van der Waals surface area contributed by atoms with Crippen LogP contribution in [0.1, 0.15) is 59.9 Å². The van der Waals surface area contributed by atoms with Gasteiger partial charge in [0.25, 0.3) is 0 Å². The zero-order valence-electron chi connectivity index (χ0n) is 21.8.